The van der Waals surface area contributed by atoms with Crippen LogP contribution < -0.4 is 10.4 Å². The first-order valence-corrected chi connectivity index (χ1v) is 10.7. The lowest BCUT2D eigenvalue weighted by molar-refractivity contribution is 0.0952. The van der Waals surface area contributed by atoms with Crippen molar-refractivity contribution in [1.29, 1.82) is 0 Å². The van der Waals surface area contributed by atoms with Gasteiger partial charge in [0.2, 0.25) is 11.7 Å². The first-order valence-electron chi connectivity index (χ1n) is 10.7. The molecular weight excluding hydrogens is 408 g/mol. The number of benzene rings is 2. The van der Waals surface area contributed by atoms with Gasteiger partial charge in [-0.25, -0.2) is 4.79 Å². The zero-order valence-corrected chi connectivity index (χ0v) is 18.3. The number of aromatic nitrogens is 4. The number of ether oxygens (including phenoxy) is 1. The molecule has 2 aromatic carbocycles. The Morgan fingerprint density at radius 2 is 1.66 bits per heavy atom. The van der Waals surface area contributed by atoms with E-state index in [1.807, 2.05) is 60.1 Å². The Morgan fingerprint density at radius 1 is 0.969 bits per heavy atom. The quantitative estimate of drug-likeness (QED) is 0.460. The number of imidazole rings is 1. The van der Waals surface area contributed by atoms with Crippen LogP contribution >= 0.6 is 0 Å². The maximum Gasteiger partial charge on any atom is 0.329 e. The Labute approximate surface area is 185 Å². The molecule has 32 heavy (non-hydrogen) atoms. The Hall–Kier alpha value is -3.43. The molecule has 1 saturated heterocycles. The van der Waals surface area contributed by atoms with Gasteiger partial charge < -0.3 is 9.26 Å². The highest BCUT2D eigenvalue weighted by atomic mass is 16.5. The largest absolute Gasteiger partial charge is 0.497 e. The standard InChI is InChI=1S/C23H26N6O3/c1-26-19-5-3-4-6-20(19)29(23(26)30)16-28-13-11-27(12-14-28)15-21-24-22(25-32-21)17-7-9-18(31-2)10-8-17/h3-10H,11-16H2,1-2H3. The average Bonchev–Trinajstić information content (AvgIpc) is 3.39. The molecule has 0 N–H and O–H groups in total. The van der Waals surface area contributed by atoms with Gasteiger partial charge >= 0.3 is 5.69 Å². The molecule has 0 bridgehead atoms. The number of piperazine rings is 1. The van der Waals surface area contributed by atoms with Gasteiger partial charge in [0.05, 0.1) is 31.4 Å². The van der Waals surface area contributed by atoms with Crippen LogP contribution in [0.2, 0.25) is 0 Å². The van der Waals surface area contributed by atoms with E-state index in [2.05, 4.69) is 19.9 Å². The summed E-state index contributed by atoms with van der Waals surface area (Å²) < 4.78 is 14.2. The zero-order chi connectivity index (χ0) is 22.1. The van der Waals surface area contributed by atoms with Crippen LogP contribution in [0.3, 0.4) is 0 Å². The molecule has 0 aliphatic carbocycles. The van der Waals surface area contributed by atoms with Gasteiger partial charge in [-0.2, -0.15) is 4.98 Å². The van der Waals surface area contributed by atoms with Crippen molar-refractivity contribution < 1.29 is 9.26 Å². The number of nitrogens with zero attached hydrogens (tertiary/aromatic N) is 6. The first-order chi connectivity index (χ1) is 15.6. The van der Waals surface area contributed by atoms with E-state index in [4.69, 9.17) is 9.26 Å². The molecule has 0 unspecified atom stereocenters. The predicted octanol–water partition coefficient (Wildman–Crippen LogP) is 2.17. The molecule has 0 atom stereocenters. The summed E-state index contributed by atoms with van der Waals surface area (Å²) in [6, 6.07) is 15.5. The molecule has 0 amide bonds. The Balaban J connectivity index is 1.19. The number of hydrogen-bond acceptors (Lipinski definition) is 7. The highest BCUT2D eigenvalue weighted by molar-refractivity contribution is 5.75. The topological polar surface area (TPSA) is 81.6 Å². The van der Waals surface area contributed by atoms with Gasteiger partial charge in [0.15, 0.2) is 0 Å². The van der Waals surface area contributed by atoms with E-state index in [0.717, 1.165) is 48.5 Å². The fourth-order valence-corrected chi connectivity index (χ4v) is 4.16. The van der Waals surface area contributed by atoms with Crippen molar-refractivity contribution in [3.63, 3.8) is 0 Å². The monoisotopic (exact) mass is 434 g/mol. The Kier molecular flexibility index (Phi) is 5.50. The molecule has 1 aliphatic heterocycles. The number of hydrogen-bond donors (Lipinski definition) is 0. The zero-order valence-electron chi connectivity index (χ0n) is 18.3. The lowest BCUT2D eigenvalue weighted by atomic mass is 10.2. The van der Waals surface area contributed by atoms with E-state index in [1.54, 1.807) is 11.7 Å². The van der Waals surface area contributed by atoms with Crippen molar-refractivity contribution in [1.82, 2.24) is 29.1 Å². The van der Waals surface area contributed by atoms with Gasteiger partial charge in [-0.3, -0.25) is 18.9 Å². The van der Waals surface area contributed by atoms with Crippen LogP contribution in [0, 0.1) is 0 Å². The van der Waals surface area contributed by atoms with Crippen LogP contribution in [0.15, 0.2) is 57.8 Å². The summed E-state index contributed by atoms with van der Waals surface area (Å²) in [6.45, 7) is 4.70. The van der Waals surface area contributed by atoms with Crippen LogP contribution in [0.4, 0.5) is 0 Å². The van der Waals surface area contributed by atoms with Crippen molar-refractivity contribution in [3.05, 3.63) is 64.9 Å². The molecule has 1 aliphatic rings. The van der Waals surface area contributed by atoms with E-state index in [9.17, 15) is 4.79 Å². The van der Waals surface area contributed by atoms with Gasteiger partial charge in [-0.1, -0.05) is 17.3 Å². The summed E-state index contributed by atoms with van der Waals surface area (Å²) in [5.41, 5.74) is 2.84. The lowest BCUT2D eigenvalue weighted by Crippen LogP contribution is -2.47. The third-order valence-electron chi connectivity index (χ3n) is 6.03. The van der Waals surface area contributed by atoms with Crippen LogP contribution in [0.1, 0.15) is 5.89 Å². The average molecular weight is 435 g/mol. The second-order valence-corrected chi connectivity index (χ2v) is 8.03. The minimum absolute atomic E-state index is 0.0190. The first kappa shape index (κ1) is 20.5. The second kappa shape index (κ2) is 8.60. The summed E-state index contributed by atoms with van der Waals surface area (Å²) in [6.07, 6.45) is 0. The van der Waals surface area contributed by atoms with Gasteiger partial charge in [0.1, 0.15) is 5.75 Å². The van der Waals surface area contributed by atoms with Crippen LogP contribution in [-0.4, -0.2) is 62.4 Å². The molecule has 1 fully saturated rings. The van der Waals surface area contributed by atoms with Crippen molar-refractivity contribution in [3.8, 4) is 17.1 Å². The molecule has 2 aromatic heterocycles. The molecule has 4 aromatic rings. The van der Waals surface area contributed by atoms with E-state index < -0.39 is 0 Å². The van der Waals surface area contributed by atoms with Gasteiger partial charge in [0.25, 0.3) is 0 Å². The minimum atomic E-state index is 0.0190. The summed E-state index contributed by atoms with van der Waals surface area (Å²) in [5, 5.41) is 4.11. The maximum atomic E-state index is 12.7. The van der Waals surface area contributed by atoms with Gasteiger partial charge in [0, 0.05) is 38.8 Å². The van der Waals surface area contributed by atoms with Gasteiger partial charge in [-0.15, -0.1) is 0 Å². The molecule has 0 radical (unpaired) electrons. The Bertz CT molecular complexity index is 1270. The third kappa shape index (κ3) is 3.92. The maximum absolute atomic E-state index is 12.7. The normalized spacial score (nSPS) is 15.4. The second-order valence-electron chi connectivity index (χ2n) is 8.03. The summed E-state index contributed by atoms with van der Waals surface area (Å²) in [5.74, 6) is 1.98. The molecule has 0 spiro atoms. The summed E-state index contributed by atoms with van der Waals surface area (Å²) in [4.78, 5) is 21.8. The lowest BCUT2D eigenvalue weighted by Gasteiger charge is -2.33. The van der Waals surface area contributed by atoms with E-state index in [0.29, 0.717) is 24.9 Å². The number of methoxy groups -OCH3 is 1. The smallest absolute Gasteiger partial charge is 0.329 e. The van der Waals surface area contributed by atoms with Crippen LogP contribution in [0.5, 0.6) is 5.75 Å². The highest BCUT2D eigenvalue weighted by Crippen LogP contribution is 2.20. The molecular formula is C23H26N6O3. The van der Waals surface area contributed by atoms with E-state index >= 15 is 0 Å². The Morgan fingerprint density at radius 3 is 2.38 bits per heavy atom. The number of rotatable bonds is 6. The molecule has 166 valence electrons. The molecule has 0 saturated carbocycles. The number of fused-ring (bicyclic) bond motifs is 1. The molecule has 5 rings (SSSR count). The van der Waals surface area contributed by atoms with Crippen molar-refractivity contribution in [2.24, 2.45) is 7.05 Å². The number of aryl methyl sites for hydroxylation is 1. The van der Waals surface area contributed by atoms with Crippen LogP contribution in [0.25, 0.3) is 22.4 Å². The van der Waals surface area contributed by atoms with Crippen molar-refractivity contribution >= 4 is 11.0 Å². The molecule has 9 heteroatoms. The van der Waals surface area contributed by atoms with E-state index in [-0.39, 0.29) is 5.69 Å². The minimum Gasteiger partial charge on any atom is -0.497 e. The molecule has 9 nitrogen and oxygen atoms in total. The van der Waals surface area contributed by atoms with Crippen molar-refractivity contribution in [2.75, 3.05) is 33.3 Å². The molecule has 3 heterocycles. The third-order valence-corrected chi connectivity index (χ3v) is 6.03. The van der Waals surface area contributed by atoms with Crippen molar-refractivity contribution in [2.45, 2.75) is 13.2 Å². The summed E-state index contributed by atoms with van der Waals surface area (Å²) in [7, 11) is 3.46. The summed E-state index contributed by atoms with van der Waals surface area (Å²) >= 11 is 0. The number of para-hydroxylation sites is 2. The highest BCUT2D eigenvalue weighted by Gasteiger charge is 2.21. The SMILES string of the molecule is COc1ccc(-c2noc(CN3CCN(Cn4c(=O)n(C)c5ccccc54)CC3)n2)cc1. The van der Waals surface area contributed by atoms with Crippen LogP contribution in [-0.2, 0) is 20.3 Å². The fraction of sp³-hybridized carbons (Fsp3) is 0.348. The fourth-order valence-electron chi connectivity index (χ4n) is 4.16. The van der Waals surface area contributed by atoms with E-state index in [1.165, 1.54) is 0 Å². The predicted molar refractivity (Wildman–Crippen MR) is 120 cm³/mol. The van der Waals surface area contributed by atoms with Gasteiger partial charge in [-0.05, 0) is 36.4 Å².